The third kappa shape index (κ3) is 6.53. The largest absolute Gasteiger partial charge is 0.511 e. The van der Waals surface area contributed by atoms with Crippen molar-refractivity contribution in [1.29, 1.82) is 0 Å². The van der Waals surface area contributed by atoms with Crippen LogP contribution >= 0.6 is 7.59 Å². The summed E-state index contributed by atoms with van der Waals surface area (Å²) < 4.78 is 88.0. The quantitative estimate of drug-likeness (QED) is 0.338. The van der Waals surface area contributed by atoms with Crippen LogP contribution in [0.1, 0.15) is 110 Å². The van der Waals surface area contributed by atoms with E-state index in [-0.39, 0.29) is 16.2 Å². The molecule has 3 atom stereocenters. The molecule has 6 nitrogen and oxygen atoms in total. The van der Waals surface area contributed by atoms with Crippen molar-refractivity contribution in [2.24, 2.45) is 0 Å². The first-order valence-corrected chi connectivity index (χ1v) is 18.0. The Hall–Kier alpha value is -2.03. The van der Waals surface area contributed by atoms with Crippen molar-refractivity contribution in [2.45, 2.75) is 129 Å². The van der Waals surface area contributed by atoms with Gasteiger partial charge in [0.25, 0.3) is 0 Å². The predicted octanol–water partition coefficient (Wildman–Crippen LogP) is 9.07. The fourth-order valence-corrected chi connectivity index (χ4v) is 10.9. The van der Waals surface area contributed by atoms with Crippen molar-refractivity contribution in [3.8, 4) is 0 Å². The number of aryl methyl sites for hydroxylation is 1. The summed E-state index contributed by atoms with van der Waals surface area (Å²) in [6.45, 7) is 20.3. The average molecular weight is 642 g/mol. The van der Waals surface area contributed by atoms with Crippen molar-refractivity contribution in [3.63, 3.8) is 0 Å². The molecule has 4 rings (SSSR count). The standard InChI is InChI=1S/C32H47F3N3O3PS/c1-21-15-22(29(2,3)4)18-25(16-21)37-27-13-11-12-14-28(27)38(42(37,39)36-43(40,41)32(33,34)35)26-19-23(30(5,6)7)17-24(20-26)31(8,9)10/h15-20,27-28H,11-14H2,1-10H3,(H,36,39)/t27-,28-,42?/m1/s1. The minimum Gasteiger partial charge on any atom is -0.289 e. The highest BCUT2D eigenvalue weighted by Crippen LogP contribution is 2.65. The van der Waals surface area contributed by atoms with Crippen molar-refractivity contribution < 1.29 is 26.2 Å². The van der Waals surface area contributed by atoms with Gasteiger partial charge in [-0.3, -0.25) is 13.9 Å². The zero-order valence-electron chi connectivity index (χ0n) is 27.1. The van der Waals surface area contributed by atoms with Gasteiger partial charge < -0.3 is 0 Å². The lowest BCUT2D eigenvalue weighted by Gasteiger charge is -2.36. The highest BCUT2D eigenvalue weighted by Gasteiger charge is 2.61. The molecule has 0 radical (unpaired) electrons. The summed E-state index contributed by atoms with van der Waals surface area (Å²) in [5, 5.41) is 0. The zero-order valence-corrected chi connectivity index (χ0v) is 28.8. The monoisotopic (exact) mass is 641 g/mol. The summed E-state index contributed by atoms with van der Waals surface area (Å²) in [6.07, 6.45) is 2.73. The molecule has 1 unspecified atom stereocenters. The molecule has 43 heavy (non-hydrogen) atoms. The molecule has 240 valence electrons. The van der Waals surface area contributed by atoms with E-state index in [0.29, 0.717) is 24.2 Å². The predicted molar refractivity (Wildman–Crippen MR) is 170 cm³/mol. The summed E-state index contributed by atoms with van der Waals surface area (Å²) in [5.74, 6) is 0. The molecule has 1 N–H and O–H groups in total. The Bertz CT molecular complexity index is 1500. The van der Waals surface area contributed by atoms with Gasteiger partial charge in [0, 0.05) is 11.4 Å². The van der Waals surface area contributed by atoms with Gasteiger partial charge in [-0.15, -0.1) is 4.49 Å². The van der Waals surface area contributed by atoms with E-state index in [1.807, 2.05) is 93.5 Å². The summed E-state index contributed by atoms with van der Waals surface area (Å²) in [5.41, 5.74) is -2.04. The third-order valence-electron chi connectivity index (χ3n) is 8.56. The molecule has 1 aliphatic carbocycles. The van der Waals surface area contributed by atoms with Crippen LogP contribution in [0.3, 0.4) is 0 Å². The number of fused-ring (bicyclic) bond motifs is 1. The van der Waals surface area contributed by atoms with E-state index in [0.717, 1.165) is 35.1 Å². The van der Waals surface area contributed by atoms with Gasteiger partial charge in [0.05, 0.1) is 12.1 Å². The summed E-state index contributed by atoms with van der Waals surface area (Å²) >= 11 is 0. The first-order chi connectivity index (χ1) is 19.4. The maximum Gasteiger partial charge on any atom is 0.511 e. The average Bonchev–Trinajstić information content (AvgIpc) is 3.07. The second-order valence-electron chi connectivity index (χ2n) is 15.3. The molecular formula is C32H47F3N3O3PS. The lowest BCUT2D eigenvalue weighted by Crippen LogP contribution is -2.41. The van der Waals surface area contributed by atoms with E-state index in [1.165, 1.54) is 9.34 Å². The lowest BCUT2D eigenvalue weighted by atomic mass is 9.80. The fourth-order valence-electron chi connectivity index (χ4n) is 6.10. The van der Waals surface area contributed by atoms with E-state index < -0.39 is 35.2 Å². The highest BCUT2D eigenvalue weighted by atomic mass is 32.2. The molecular weight excluding hydrogens is 594 g/mol. The number of halogens is 3. The van der Waals surface area contributed by atoms with Crippen LogP contribution < -0.4 is 13.8 Å². The second-order valence-corrected chi connectivity index (χ2v) is 19.4. The molecule has 2 fully saturated rings. The van der Waals surface area contributed by atoms with E-state index >= 15 is 4.57 Å². The van der Waals surface area contributed by atoms with Crippen LogP contribution in [-0.4, -0.2) is 26.0 Å². The number of alkyl halides is 3. The third-order valence-corrected chi connectivity index (χ3v) is 13.3. The molecule has 2 aromatic rings. The topological polar surface area (TPSA) is 69.7 Å². The maximum atomic E-state index is 15.6. The van der Waals surface area contributed by atoms with Crippen molar-refractivity contribution >= 4 is 29.0 Å². The molecule has 1 saturated heterocycles. The molecule has 11 heteroatoms. The Kier molecular flexibility index (Phi) is 8.50. The number of sulfonamides is 1. The molecule has 1 saturated carbocycles. The number of benzene rings is 2. The summed E-state index contributed by atoms with van der Waals surface area (Å²) in [4.78, 5) is 0. The maximum absolute atomic E-state index is 15.6. The van der Waals surface area contributed by atoms with Crippen LogP contribution in [0.15, 0.2) is 36.4 Å². The zero-order chi connectivity index (χ0) is 32.6. The van der Waals surface area contributed by atoms with Gasteiger partial charge in [0.15, 0.2) is 0 Å². The number of nitrogens with one attached hydrogen (secondary N) is 1. The Balaban J connectivity index is 2.08. The van der Waals surface area contributed by atoms with Crippen LogP contribution in [0.4, 0.5) is 24.5 Å². The molecule has 0 aromatic heterocycles. The molecule has 0 bridgehead atoms. The lowest BCUT2D eigenvalue weighted by molar-refractivity contribution is -0.0441. The Morgan fingerprint density at radius 1 is 0.698 bits per heavy atom. The van der Waals surface area contributed by atoms with E-state index in [4.69, 9.17) is 0 Å². The van der Waals surface area contributed by atoms with Gasteiger partial charge >= 0.3 is 23.1 Å². The molecule has 2 aliphatic rings. The number of rotatable bonds is 4. The van der Waals surface area contributed by atoms with Gasteiger partial charge in [-0.2, -0.15) is 13.2 Å². The van der Waals surface area contributed by atoms with Crippen LogP contribution in [0.25, 0.3) is 0 Å². The Labute approximate surface area is 256 Å². The van der Waals surface area contributed by atoms with Gasteiger partial charge in [0.2, 0.25) is 0 Å². The van der Waals surface area contributed by atoms with E-state index in [1.54, 1.807) is 10.6 Å². The van der Waals surface area contributed by atoms with Gasteiger partial charge in [-0.25, -0.2) is 8.42 Å². The number of hydrogen-bond donors (Lipinski definition) is 1. The molecule has 0 spiro atoms. The second kappa shape index (κ2) is 10.8. The van der Waals surface area contributed by atoms with Crippen LogP contribution in [0.2, 0.25) is 0 Å². The van der Waals surface area contributed by atoms with Gasteiger partial charge in [-0.05, 0) is 82.5 Å². The van der Waals surface area contributed by atoms with Crippen molar-refractivity contribution in [2.75, 3.05) is 9.34 Å². The van der Waals surface area contributed by atoms with E-state index in [2.05, 4.69) is 6.07 Å². The van der Waals surface area contributed by atoms with Crippen molar-refractivity contribution in [3.05, 3.63) is 58.7 Å². The molecule has 2 aromatic carbocycles. The van der Waals surface area contributed by atoms with Gasteiger partial charge in [0.1, 0.15) is 0 Å². The fraction of sp³-hybridized carbons (Fsp3) is 0.625. The van der Waals surface area contributed by atoms with Crippen LogP contribution in [0, 0.1) is 6.92 Å². The Morgan fingerprint density at radius 2 is 1.07 bits per heavy atom. The first kappa shape index (κ1) is 33.9. The number of nitrogens with zero attached hydrogens (tertiary/aromatic N) is 2. The van der Waals surface area contributed by atoms with Crippen LogP contribution in [-0.2, 0) is 30.8 Å². The van der Waals surface area contributed by atoms with E-state index in [9.17, 15) is 21.6 Å². The molecule has 0 amide bonds. The summed E-state index contributed by atoms with van der Waals surface area (Å²) in [6, 6.07) is 10.6. The minimum absolute atomic E-state index is 0.301. The van der Waals surface area contributed by atoms with Crippen molar-refractivity contribution in [1.82, 2.24) is 4.49 Å². The number of anilines is 2. The highest BCUT2D eigenvalue weighted by molar-refractivity contribution is 7.97. The minimum atomic E-state index is -5.99. The molecule has 1 heterocycles. The SMILES string of the molecule is Cc1cc(N2[C@@H]3CCCC[C@H]3N(c3cc(C(C)(C)C)cc(C(C)(C)C)c3)P2(=O)NS(=O)(=O)C(F)(F)F)cc(C(C)(C)C)c1. The first-order valence-electron chi connectivity index (χ1n) is 14.9. The van der Waals surface area contributed by atoms with Gasteiger partial charge in [-0.1, -0.05) is 87.3 Å². The summed E-state index contributed by atoms with van der Waals surface area (Å²) in [7, 11) is -10.7. The Morgan fingerprint density at radius 3 is 1.44 bits per heavy atom. The van der Waals surface area contributed by atoms with Crippen LogP contribution in [0.5, 0.6) is 0 Å². The smallest absolute Gasteiger partial charge is 0.289 e. The molecule has 1 aliphatic heterocycles. The normalized spacial score (nSPS) is 23.9. The number of hydrogen-bond acceptors (Lipinski definition) is 3.